The summed E-state index contributed by atoms with van der Waals surface area (Å²) in [5, 5.41) is 2.83. The third-order valence-electron chi connectivity index (χ3n) is 4.66. The Hall–Kier alpha value is -2.64. The number of esters is 1. The third kappa shape index (κ3) is 6.17. The monoisotopic (exact) mass is 408 g/mol. The number of rotatable bonds is 4. The zero-order chi connectivity index (χ0) is 21.8. The smallest absolute Gasteiger partial charge is 0.410 e. The summed E-state index contributed by atoms with van der Waals surface area (Å²) in [5.41, 5.74) is 0.458. The fourth-order valence-corrected chi connectivity index (χ4v) is 3.13. The van der Waals surface area contributed by atoms with E-state index in [-0.39, 0.29) is 19.4 Å². The van der Waals surface area contributed by atoms with Crippen molar-refractivity contribution in [2.75, 3.05) is 13.7 Å². The third-order valence-corrected chi connectivity index (χ3v) is 4.66. The van der Waals surface area contributed by atoms with Crippen LogP contribution in [0.15, 0.2) is 24.3 Å². The van der Waals surface area contributed by atoms with E-state index >= 15 is 0 Å². The molecule has 0 bridgehead atoms. The lowest BCUT2D eigenvalue weighted by Crippen LogP contribution is -2.55. The van der Waals surface area contributed by atoms with E-state index in [1.165, 1.54) is 12.0 Å². The number of carbonyl (C=O) groups is 3. The molecule has 0 aliphatic carbocycles. The zero-order valence-electron chi connectivity index (χ0n) is 17.5. The van der Waals surface area contributed by atoms with E-state index in [0.717, 1.165) is 5.56 Å². The second kappa shape index (κ2) is 9.24. The predicted octanol–water partition coefficient (Wildman–Crippen LogP) is 3.39. The molecule has 0 saturated carbocycles. The number of ether oxygens (including phenoxy) is 2. The van der Waals surface area contributed by atoms with Gasteiger partial charge >= 0.3 is 12.1 Å². The van der Waals surface area contributed by atoms with Gasteiger partial charge in [-0.15, -0.1) is 0 Å². The van der Waals surface area contributed by atoms with Crippen LogP contribution < -0.4 is 5.32 Å². The average Bonchev–Trinajstić information content (AvgIpc) is 2.65. The topological polar surface area (TPSA) is 84.9 Å². The van der Waals surface area contributed by atoms with Crippen LogP contribution in [0.25, 0.3) is 0 Å². The molecule has 160 valence electrons. The molecular formula is C21H29FN2O5. The molecule has 1 fully saturated rings. The summed E-state index contributed by atoms with van der Waals surface area (Å²) < 4.78 is 24.0. The summed E-state index contributed by atoms with van der Waals surface area (Å²) in [5.74, 6) is -0.889. The largest absolute Gasteiger partial charge is 0.465 e. The van der Waals surface area contributed by atoms with Crippen LogP contribution in [0.3, 0.4) is 0 Å². The molecule has 1 aromatic carbocycles. The van der Waals surface area contributed by atoms with E-state index in [1.807, 2.05) is 0 Å². The molecule has 1 heterocycles. The normalized spacial score (nSPS) is 20.6. The Bertz CT molecular complexity index is 744. The van der Waals surface area contributed by atoms with Crippen LogP contribution in [0.4, 0.5) is 9.18 Å². The minimum absolute atomic E-state index is 0.0704. The maximum Gasteiger partial charge on any atom is 0.410 e. The molecule has 1 aliphatic rings. The number of benzene rings is 1. The van der Waals surface area contributed by atoms with Crippen LogP contribution in [0, 0.1) is 0 Å². The highest BCUT2D eigenvalue weighted by atomic mass is 19.1. The molecule has 0 aromatic heterocycles. The van der Waals surface area contributed by atoms with Crippen molar-refractivity contribution < 1.29 is 28.2 Å². The van der Waals surface area contributed by atoms with Crippen molar-refractivity contribution in [1.82, 2.24) is 10.2 Å². The van der Waals surface area contributed by atoms with Crippen LogP contribution in [-0.2, 0) is 14.3 Å². The van der Waals surface area contributed by atoms with Gasteiger partial charge in [-0.3, -0.25) is 9.69 Å². The number of nitrogens with one attached hydrogen (secondary N) is 1. The van der Waals surface area contributed by atoms with Crippen molar-refractivity contribution in [2.45, 2.75) is 64.4 Å². The van der Waals surface area contributed by atoms with E-state index in [0.29, 0.717) is 5.56 Å². The van der Waals surface area contributed by atoms with Crippen molar-refractivity contribution in [3.63, 3.8) is 0 Å². The van der Waals surface area contributed by atoms with Gasteiger partial charge in [0.2, 0.25) is 5.91 Å². The van der Waals surface area contributed by atoms with Gasteiger partial charge in [-0.1, -0.05) is 12.1 Å². The number of halogens is 1. The van der Waals surface area contributed by atoms with Gasteiger partial charge in [0.25, 0.3) is 0 Å². The Labute approximate surface area is 170 Å². The highest BCUT2D eigenvalue weighted by Gasteiger charge is 2.38. The van der Waals surface area contributed by atoms with Crippen LogP contribution in [0.5, 0.6) is 0 Å². The summed E-state index contributed by atoms with van der Waals surface area (Å²) in [6, 6.07) is 5.30. The maximum absolute atomic E-state index is 14.0. The van der Waals surface area contributed by atoms with E-state index in [4.69, 9.17) is 4.74 Å². The standard InChI is InChI=1S/C21H29FN2O5/c1-13(14-6-8-15(9-7-14)19(26)28-5)23-18(25)17-12-16(22)10-11-24(17)20(27)29-21(2,3)4/h6-9,13,16-17H,10-12H2,1-5H3,(H,23,25)/t13-,16?,17+/m0/s1. The second-order valence-corrected chi connectivity index (χ2v) is 8.16. The number of hydrogen-bond donors (Lipinski definition) is 1. The van der Waals surface area contributed by atoms with Gasteiger partial charge in [-0.05, 0) is 51.8 Å². The molecule has 2 amide bonds. The number of amides is 2. The van der Waals surface area contributed by atoms with E-state index < -0.39 is 41.8 Å². The molecular weight excluding hydrogens is 379 g/mol. The van der Waals surface area contributed by atoms with Crippen LogP contribution in [0.2, 0.25) is 0 Å². The summed E-state index contributed by atoms with van der Waals surface area (Å²) in [4.78, 5) is 38.1. The number of nitrogens with zero attached hydrogens (tertiary/aromatic N) is 1. The Morgan fingerprint density at radius 3 is 2.38 bits per heavy atom. The van der Waals surface area contributed by atoms with Gasteiger partial charge in [-0.2, -0.15) is 0 Å². The fourth-order valence-electron chi connectivity index (χ4n) is 3.13. The lowest BCUT2D eigenvalue weighted by Gasteiger charge is -2.37. The summed E-state index contributed by atoms with van der Waals surface area (Å²) in [7, 11) is 1.30. The van der Waals surface area contributed by atoms with Crippen LogP contribution >= 0.6 is 0 Å². The Kier molecular flexibility index (Phi) is 7.21. The quantitative estimate of drug-likeness (QED) is 0.772. The first-order valence-electron chi connectivity index (χ1n) is 9.64. The first-order valence-corrected chi connectivity index (χ1v) is 9.64. The highest BCUT2D eigenvalue weighted by molar-refractivity contribution is 5.89. The average molecular weight is 408 g/mol. The molecule has 1 aliphatic heterocycles. The Morgan fingerprint density at radius 2 is 1.83 bits per heavy atom. The minimum Gasteiger partial charge on any atom is -0.465 e. The van der Waals surface area contributed by atoms with Crippen molar-refractivity contribution in [3.8, 4) is 0 Å². The molecule has 3 atom stereocenters. The number of hydrogen-bond acceptors (Lipinski definition) is 5. The van der Waals surface area contributed by atoms with E-state index in [9.17, 15) is 18.8 Å². The highest BCUT2D eigenvalue weighted by Crippen LogP contribution is 2.24. The van der Waals surface area contributed by atoms with E-state index in [1.54, 1.807) is 52.0 Å². The first-order chi connectivity index (χ1) is 13.5. The minimum atomic E-state index is -1.15. The Balaban J connectivity index is 2.09. The molecule has 1 aromatic rings. The van der Waals surface area contributed by atoms with E-state index in [2.05, 4.69) is 10.1 Å². The molecule has 1 N–H and O–H groups in total. The van der Waals surface area contributed by atoms with Gasteiger partial charge in [0.1, 0.15) is 17.8 Å². The van der Waals surface area contributed by atoms with Gasteiger partial charge in [0.05, 0.1) is 18.7 Å². The number of methoxy groups -OCH3 is 1. The predicted molar refractivity (Wildman–Crippen MR) is 105 cm³/mol. The number of piperidine rings is 1. The molecule has 0 radical (unpaired) electrons. The first kappa shape index (κ1) is 22.6. The summed E-state index contributed by atoms with van der Waals surface area (Å²) in [6.45, 7) is 7.11. The van der Waals surface area contributed by atoms with Crippen molar-refractivity contribution in [1.29, 1.82) is 0 Å². The second-order valence-electron chi connectivity index (χ2n) is 8.16. The molecule has 8 heteroatoms. The molecule has 7 nitrogen and oxygen atoms in total. The Morgan fingerprint density at radius 1 is 1.21 bits per heavy atom. The number of carbonyl (C=O) groups excluding carboxylic acids is 3. The van der Waals surface area contributed by atoms with Gasteiger partial charge in [-0.25, -0.2) is 14.0 Å². The van der Waals surface area contributed by atoms with Gasteiger partial charge < -0.3 is 14.8 Å². The summed E-state index contributed by atoms with van der Waals surface area (Å²) in [6.07, 6.45) is -1.68. The maximum atomic E-state index is 14.0. The van der Waals surface area contributed by atoms with Gasteiger partial charge in [0.15, 0.2) is 0 Å². The lowest BCUT2D eigenvalue weighted by molar-refractivity contribution is -0.129. The SMILES string of the molecule is COC(=O)c1ccc([C@H](C)NC(=O)[C@H]2CC(F)CCN2C(=O)OC(C)(C)C)cc1. The van der Waals surface area contributed by atoms with Crippen molar-refractivity contribution in [3.05, 3.63) is 35.4 Å². The molecule has 0 spiro atoms. The molecule has 1 saturated heterocycles. The molecule has 2 rings (SSSR count). The molecule has 29 heavy (non-hydrogen) atoms. The van der Waals surface area contributed by atoms with Crippen LogP contribution in [-0.4, -0.2) is 54.3 Å². The zero-order valence-corrected chi connectivity index (χ0v) is 17.5. The molecule has 1 unspecified atom stereocenters. The van der Waals surface area contributed by atoms with Crippen molar-refractivity contribution >= 4 is 18.0 Å². The van der Waals surface area contributed by atoms with Gasteiger partial charge in [0, 0.05) is 13.0 Å². The summed E-state index contributed by atoms with van der Waals surface area (Å²) >= 11 is 0. The van der Waals surface area contributed by atoms with Crippen molar-refractivity contribution in [2.24, 2.45) is 0 Å². The number of likely N-dealkylation sites (tertiary alicyclic amines) is 1. The fraction of sp³-hybridized carbons (Fsp3) is 0.571. The number of alkyl halides is 1. The van der Waals surface area contributed by atoms with Crippen LogP contribution in [0.1, 0.15) is 62.5 Å². The lowest BCUT2D eigenvalue weighted by atomic mass is 9.99.